The van der Waals surface area contributed by atoms with Crippen molar-refractivity contribution >= 4 is 5.91 Å². The summed E-state index contributed by atoms with van der Waals surface area (Å²) in [7, 11) is 0. The number of rotatable bonds is 10. The highest BCUT2D eigenvalue weighted by Gasteiger charge is 2.19. The summed E-state index contributed by atoms with van der Waals surface area (Å²) in [5.74, 6) is 0.183. The lowest BCUT2D eigenvalue weighted by Gasteiger charge is -2.29. The third-order valence-corrected chi connectivity index (χ3v) is 6.43. The van der Waals surface area contributed by atoms with Crippen LogP contribution < -0.4 is 10.1 Å². The van der Waals surface area contributed by atoms with Gasteiger partial charge in [-0.15, -0.1) is 0 Å². The number of carbonyl (C=O) groups is 1. The minimum atomic E-state index is -0.522. The van der Waals surface area contributed by atoms with Crippen molar-refractivity contribution in [3.63, 3.8) is 0 Å². The van der Waals surface area contributed by atoms with Crippen LogP contribution in [-0.2, 0) is 0 Å². The highest BCUT2D eigenvalue weighted by atomic mass is 19.1. The van der Waals surface area contributed by atoms with Crippen molar-refractivity contribution in [1.29, 1.82) is 0 Å². The van der Waals surface area contributed by atoms with Gasteiger partial charge in [-0.05, 0) is 85.8 Å². The van der Waals surface area contributed by atoms with Crippen LogP contribution in [0.5, 0.6) is 5.75 Å². The average Bonchev–Trinajstić information content (AvgIpc) is 2.90. The van der Waals surface area contributed by atoms with E-state index in [4.69, 9.17) is 4.74 Å². The van der Waals surface area contributed by atoms with Gasteiger partial charge in [0, 0.05) is 24.4 Å². The Balaban J connectivity index is 1.48. The quantitative estimate of drug-likeness (QED) is 0.364. The van der Waals surface area contributed by atoms with Crippen LogP contribution in [0, 0.1) is 5.95 Å². The van der Waals surface area contributed by atoms with E-state index in [0.29, 0.717) is 12.2 Å². The molecule has 2 aromatic carbocycles. The molecule has 1 N–H and O–H groups in total. The Labute approximate surface area is 207 Å². The molecule has 6 heteroatoms. The number of likely N-dealkylation sites (tertiary alicyclic amines) is 1. The molecule has 35 heavy (non-hydrogen) atoms. The third kappa shape index (κ3) is 7.12. The van der Waals surface area contributed by atoms with Crippen LogP contribution in [0.15, 0.2) is 66.9 Å². The molecule has 1 aliphatic rings. The maximum atomic E-state index is 13.5. The molecule has 0 spiro atoms. The lowest BCUT2D eigenvalue weighted by atomic mass is 10.0. The second-order valence-corrected chi connectivity index (χ2v) is 9.08. The summed E-state index contributed by atoms with van der Waals surface area (Å²) < 4.78 is 19.3. The van der Waals surface area contributed by atoms with Gasteiger partial charge in [-0.2, -0.15) is 4.39 Å². The van der Waals surface area contributed by atoms with Crippen molar-refractivity contribution in [2.24, 2.45) is 0 Å². The minimum absolute atomic E-state index is 0.122. The lowest BCUT2D eigenvalue weighted by molar-refractivity contribution is 0.0930. The number of nitrogens with zero attached hydrogens (tertiary/aromatic N) is 2. The van der Waals surface area contributed by atoms with E-state index in [-0.39, 0.29) is 11.9 Å². The van der Waals surface area contributed by atoms with Gasteiger partial charge >= 0.3 is 0 Å². The number of carbonyl (C=O) groups excluding carboxylic acids is 1. The first-order valence-electron chi connectivity index (χ1n) is 12.6. The third-order valence-electron chi connectivity index (χ3n) is 6.43. The Morgan fingerprint density at radius 3 is 2.60 bits per heavy atom. The van der Waals surface area contributed by atoms with E-state index in [2.05, 4.69) is 28.2 Å². The van der Waals surface area contributed by atoms with Crippen LogP contribution in [0.25, 0.3) is 11.1 Å². The monoisotopic (exact) mass is 475 g/mol. The molecular formula is C29H34FN3O2. The molecule has 1 amide bonds. The van der Waals surface area contributed by atoms with Gasteiger partial charge in [0.15, 0.2) is 0 Å². The van der Waals surface area contributed by atoms with Gasteiger partial charge in [-0.1, -0.05) is 37.6 Å². The molecule has 1 aliphatic heterocycles. The molecule has 2 heterocycles. The summed E-state index contributed by atoms with van der Waals surface area (Å²) >= 11 is 0. The smallest absolute Gasteiger partial charge is 0.251 e. The SMILES string of the molecule is CCCOc1cccc([C@@H](CCN2CCCCC2)NC(=O)c2ccc(-c3ccnc(F)c3)cc2)c1. The Kier molecular flexibility index (Phi) is 8.85. The molecular weight excluding hydrogens is 441 g/mol. The Morgan fingerprint density at radius 1 is 1.06 bits per heavy atom. The van der Waals surface area contributed by atoms with Crippen molar-refractivity contribution in [2.75, 3.05) is 26.2 Å². The summed E-state index contributed by atoms with van der Waals surface area (Å²) in [5, 5.41) is 3.25. The molecule has 5 nitrogen and oxygen atoms in total. The zero-order valence-corrected chi connectivity index (χ0v) is 20.4. The van der Waals surface area contributed by atoms with E-state index in [1.165, 1.54) is 31.5 Å². The van der Waals surface area contributed by atoms with Gasteiger partial charge in [0.25, 0.3) is 5.91 Å². The number of pyridine rings is 1. The van der Waals surface area contributed by atoms with Gasteiger partial charge in [-0.3, -0.25) is 4.79 Å². The molecule has 0 aliphatic carbocycles. The van der Waals surface area contributed by atoms with Gasteiger partial charge in [0.2, 0.25) is 5.95 Å². The number of halogens is 1. The van der Waals surface area contributed by atoms with Crippen LogP contribution in [0.3, 0.4) is 0 Å². The standard InChI is InChI=1S/C29H34FN3O2/c1-2-19-35-26-8-6-7-25(20-26)27(14-18-33-16-4-3-5-17-33)32-29(34)23-11-9-22(10-12-23)24-13-15-31-28(30)21-24/h6-13,15,20-21,27H,2-5,14,16-19H2,1H3,(H,32,34)/t27-/m1/s1. The number of benzene rings is 2. The van der Waals surface area contributed by atoms with Gasteiger partial charge in [-0.25, -0.2) is 4.98 Å². The molecule has 0 bridgehead atoms. The molecule has 0 radical (unpaired) electrons. The molecule has 1 fully saturated rings. The number of ether oxygens (including phenoxy) is 1. The van der Waals surface area contributed by atoms with Crippen molar-refractivity contribution in [2.45, 2.75) is 45.1 Å². The van der Waals surface area contributed by atoms with Crippen LogP contribution in [0.2, 0.25) is 0 Å². The molecule has 1 saturated heterocycles. The molecule has 1 atom stereocenters. The Bertz CT molecular complexity index is 1100. The van der Waals surface area contributed by atoms with Crippen LogP contribution in [0.1, 0.15) is 61.0 Å². The highest BCUT2D eigenvalue weighted by Crippen LogP contribution is 2.25. The van der Waals surface area contributed by atoms with Gasteiger partial charge in [0.05, 0.1) is 12.6 Å². The first-order valence-corrected chi connectivity index (χ1v) is 12.6. The zero-order chi connectivity index (χ0) is 24.5. The average molecular weight is 476 g/mol. The molecule has 0 saturated carbocycles. The molecule has 0 unspecified atom stereocenters. The van der Waals surface area contributed by atoms with Crippen LogP contribution in [-0.4, -0.2) is 42.0 Å². The Morgan fingerprint density at radius 2 is 1.86 bits per heavy atom. The zero-order valence-electron chi connectivity index (χ0n) is 20.4. The molecule has 1 aromatic heterocycles. The topological polar surface area (TPSA) is 54.5 Å². The normalized spacial score (nSPS) is 14.9. The van der Waals surface area contributed by atoms with Crippen LogP contribution in [0.4, 0.5) is 4.39 Å². The van der Waals surface area contributed by atoms with Crippen molar-refractivity contribution < 1.29 is 13.9 Å². The fourth-order valence-electron chi connectivity index (χ4n) is 4.50. The number of amides is 1. The lowest BCUT2D eigenvalue weighted by Crippen LogP contribution is -2.35. The molecule has 184 valence electrons. The first-order chi connectivity index (χ1) is 17.1. The minimum Gasteiger partial charge on any atom is -0.494 e. The summed E-state index contributed by atoms with van der Waals surface area (Å²) in [4.78, 5) is 19.3. The predicted octanol–water partition coefficient (Wildman–Crippen LogP) is 6.02. The first kappa shape index (κ1) is 24.9. The predicted molar refractivity (Wildman–Crippen MR) is 137 cm³/mol. The number of hydrogen-bond donors (Lipinski definition) is 1. The highest BCUT2D eigenvalue weighted by molar-refractivity contribution is 5.95. The van der Waals surface area contributed by atoms with E-state index in [9.17, 15) is 9.18 Å². The summed E-state index contributed by atoms with van der Waals surface area (Å²) in [6, 6.07) is 18.3. The number of hydrogen-bond acceptors (Lipinski definition) is 4. The van der Waals surface area contributed by atoms with E-state index >= 15 is 0 Å². The van der Waals surface area contributed by atoms with Crippen molar-refractivity contribution in [3.8, 4) is 16.9 Å². The van der Waals surface area contributed by atoms with Crippen molar-refractivity contribution in [1.82, 2.24) is 15.2 Å². The fourth-order valence-corrected chi connectivity index (χ4v) is 4.50. The summed E-state index contributed by atoms with van der Waals surface area (Å²) in [6.07, 6.45) is 7.00. The van der Waals surface area contributed by atoms with E-state index < -0.39 is 5.95 Å². The largest absolute Gasteiger partial charge is 0.494 e. The molecule has 3 aromatic rings. The van der Waals surface area contributed by atoms with E-state index in [1.54, 1.807) is 18.2 Å². The maximum absolute atomic E-state index is 13.5. The maximum Gasteiger partial charge on any atom is 0.251 e. The van der Waals surface area contributed by atoms with Crippen molar-refractivity contribution in [3.05, 3.63) is 83.9 Å². The van der Waals surface area contributed by atoms with E-state index in [0.717, 1.165) is 54.9 Å². The van der Waals surface area contributed by atoms with Gasteiger partial charge in [0.1, 0.15) is 5.75 Å². The summed E-state index contributed by atoms with van der Waals surface area (Å²) in [5.41, 5.74) is 3.19. The second kappa shape index (κ2) is 12.5. The number of aromatic nitrogens is 1. The number of piperidine rings is 1. The fraction of sp³-hybridized carbons (Fsp3) is 0.379. The van der Waals surface area contributed by atoms with Gasteiger partial charge < -0.3 is 15.0 Å². The summed E-state index contributed by atoms with van der Waals surface area (Å²) in [6.45, 7) is 5.94. The van der Waals surface area contributed by atoms with E-state index in [1.807, 2.05) is 30.3 Å². The van der Waals surface area contributed by atoms with Crippen LogP contribution >= 0.6 is 0 Å². The Hall–Kier alpha value is -3.25. The number of nitrogens with one attached hydrogen (secondary N) is 1. The molecule has 4 rings (SSSR count). The second-order valence-electron chi connectivity index (χ2n) is 9.08.